The van der Waals surface area contributed by atoms with Gasteiger partial charge in [-0.05, 0) is 51.4 Å². The van der Waals surface area contributed by atoms with Crippen molar-refractivity contribution in [2.24, 2.45) is 22.9 Å². The number of rotatable bonds is 17. The maximum Gasteiger partial charge on any atom is 0.220 e. The van der Waals surface area contributed by atoms with E-state index in [1.165, 1.54) is 7.05 Å². The Morgan fingerprint density at radius 3 is 2.11 bits per heavy atom. The van der Waals surface area contributed by atoms with Gasteiger partial charge in [-0.15, -0.1) is 0 Å². The van der Waals surface area contributed by atoms with E-state index < -0.39 is 72.9 Å². The third kappa shape index (κ3) is 10.9. The molecule has 258 valence electrons. The summed E-state index contributed by atoms with van der Waals surface area (Å²) < 4.78 is 10.5. The molecule has 0 aromatic rings. The lowest BCUT2D eigenvalue weighted by Crippen LogP contribution is -2.63. The Labute approximate surface area is 257 Å². The minimum absolute atomic E-state index is 0.0234. The second kappa shape index (κ2) is 18.3. The maximum absolute atomic E-state index is 10.6. The minimum atomic E-state index is -2.18. The Morgan fingerprint density at radius 1 is 0.886 bits per heavy atom. The van der Waals surface area contributed by atoms with Gasteiger partial charge in [0, 0.05) is 44.2 Å². The van der Waals surface area contributed by atoms with E-state index in [0.29, 0.717) is 0 Å². The van der Waals surface area contributed by atoms with Crippen molar-refractivity contribution >= 4 is 0 Å². The molecule has 2 aliphatic rings. The highest BCUT2D eigenvalue weighted by Crippen LogP contribution is 2.24. The summed E-state index contributed by atoms with van der Waals surface area (Å²) in [7, 11) is 1.37. The summed E-state index contributed by atoms with van der Waals surface area (Å²) in [4.78, 5) is 0. The zero-order valence-corrected chi connectivity index (χ0v) is 25.2. The van der Waals surface area contributed by atoms with Gasteiger partial charge in [-0.3, -0.25) is 0 Å². The molecule has 0 radical (unpaired) electrons. The van der Waals surface area contributed by atoms with Crippen LogP contribution in [0.3, 0.4) is 0 Å². The lowest BCUT2D eigenvalue weighted by Gasteiger charge is -2.41. The van der Waals surface area contributed by atoms with Gasteiger partial charge >= 0.3 is 0 Å². The molecule has 0 aromatic carbocycles. The summed E-state index contributed by atoms with van der Waals surface area (Å²) in [5.74, 6) is -2.02. The smallest absolute Gasteiger partial charge is 0.220 e. The molecule has 17 heteroatoms. The lowest BCUT2D eigenvalue weighted by molar-refractivity contribution is -0.207. The Hall–Kier alpha value is -1.84. The molecule has 0 heterocycles. The fourth-order valence-corrected chi connectivity index (χ4v) is 5.48. The Morgan fingerprint density at radius 2 is 1.52 bits per heavy atom. The van der Waals surface area contributed by atoms with Crippen molar-refractivity contribution in [2.45, 2.75) is 131 Å². The fourth-order valence-electron chi connectivity index (χ4n) is 5.48. The van der Waals surface area contributed by atoms with Gasteiger partial charge < -0.3 is 89.0 Å². The second-order valence-corrected chi connectivity index (χ2v) is 11.7. The van der Waals surface area contributed by atoms with E-state index in [2.05, 4.69) is 10.6 Å². The van der Waals surface area contributed by atoms with Crippen LogP contribution in [0.2, 0.25) is 0 Å². The normalized spacial score (nSPS) is 32.6. The van der Waals surface area contributed by atoms with Crippen LogP contribution in [0.25, 0.3) is 0 Å². The van der Waals surface area contributed by atoms with Gasteiger partial charge in [-0.2, -0.15) is 0 Å². The molecule has 19 N–H and O–H groups in total. The molecule has 17 nitrogen and oxygen atoms in total. The van der Waals surface area contributed by atoms with Crippen LogP contribution < -0.4 is 33.6 Å². The summed E-state index contributed by atoms with van der Waals surface area (Å²) in [6, 6.07) is -3.27. The largest absolute Gasteiger partial charge is 0.510 e. The van der Waals surface area contributed by atoms with Crippen molar-refractivity contribution < 1.29 is 55.4 Å². The van der Waals surface area contributed by atoms with Gasteiger partial charge in [0.05, 0.1) is 18.2 Å². The van der Waals surface area contributed by atoms with Crippen LogP contribution in [0.15, 0.2) is 23.0 Å². The van der Waals surface area contributed by atoms with E-state index in [1.807, 2.05) is 0 Å². The molecule has 2 saturated carbocycles. The van der Waals surface area contributed by atoms with Crippen molar-refractivity contribution in [3.05, 3.63) is 23.0 Å². The van der Waals surface area contributed by atoms with E-state index in [-0.39, 0.29) is 62.3 Å². The summed E-state index contributed by atoms with van der Waals surface area (Å²) in [5.41, 5.74) is 23.4. The second-order valence-electron chi connectivity index (χ2n) is 11.7. The lowest BCUT2D eigenvalue weighted by atomic mass is 9.84. The molecule has 2 aliphatic carbocycles. The van der Waals surface area contributed by atoms with E-state index in [4.69, 9.17) is 32.4 Å². The van der Waals surface area contributed by atoms with Gasteiger partial charge in [-0.25, -0.2) is 0 Å². The van der Waals surface area contributed by atoms with Gasteiger partial charge in [0.1, 0.15) is 23.7 Å². The van der Waals surface area contributed by atoms with Crippen LogP contribution in [0, 0.1) is 0 Å². The highest BCUT2D eigenvalue weighted by Gasteiger charge is 2.42. The molecule has 2 fully saturated rings. The predicted octanol–water partition coefficient (Wildman–Crippen LogP) is -3.45. The average Bonchev–Trinajstić information content (AvgIpc) is 2.98. The van der Waals surface area contributed by atoms with Crippen molar-refractivity contribution in [1.29, 1.82) is 0 Å². The molecule has 44 heavy (non-hydrogen) atoms. The van der Waals surface area contributed by atoms with Gasteiger partial charge in [0.25, 0.3) is 0 Å². The van der Waals surface area contributed by atoms with Crippen LogP contribution in [0.4, 0.5) is 0 Å². The molecule has 0 amide bonds. The Kier molecular flexibility index (Phi) is 16.0. The zero-order valence-electron chi connectivity index (χ0n) is 25.2. The first-order chi connectivity index (χ1) is 20.7. The zero-order chi connectivity index (χ0) is 33.1. The first-order valence-corrected chi connectivity index (χ1v) is 15.0. The number of nitrogens with two attached hydrogens (primary N) is 4. The molecular weight excluding hydrogens is 584 g/mol. The summed E-state index contributed by atoms with van der Waals surface area (Å²) in [6.45, 7) is -0.317. The SMILES string of the molecule is CN/C(=C(/O)CCCC(N)[C@H](O)O[C@@H]1C(N)C[C@@H](N)C(O)C1O)C(O)O[C@@H](O)/C(O)=C(/O)[C@@H](CCO)NC1CCC(N)CC1. The molecule has 2 rings (SSSR count). The van der Waals surface area contributed by atoms with Gasteiger partial charge in [-0.1, -0.05) is 0 Å². The molecule has 5 unspecified atom stereocenters. The number of allylic oxidation sites excluding steroid dienone is 1. The third-order valence-electron chi connectivity index (χ3n) is 8.24. The molecule has 0 spiro atoms. The van der Waals surface area contributed by atoms with Crippen LogP contribution >= 0.6 is 0 Å². The highest BCUT2D eigenvalue weighted by atomic mass is 16.7. The van der Waals surface area contributed by atoms with Gasteiger partial charge in [0.2, 0.25) is 12.6 Å². The highest BCUT2D eigenvalue weighted by molar-refractivity contribution is 5.12. The number of ether oxygens (including phenoxy) is 2. The van der Waals surface area contributed by atoms with Crippen LogP contribution in [-0.2, 0) is 9.47 Å². The minimum Gasteiger partial charge on any atom is -0.510 e. The Bertz CT molecular complexity index is 923. The number of nitrogens with one attached hydrogen (secondary N) is 2. The first kappa shape index (κ1) is 38.3. The molecule has 0 bridgehead atoms. The van der Waals surface area contributed by atoms with Crippen LogP contribution in [-0.4, -0.2) is 133 Å². The van der Waals surface area contributed by atoms with E-state index in [0.717, 1.165) is 25.7 Å². The fraction of sp³-hybridized carbons (Fsp3) is 0.852. The van der Waals surface area contributed by atoms with Crippen molar-refractivity contribution in [3.8, 4) is 0 Å². The summed E-state index contributed by atoms with van der Waals surface area (Å²) in [5, 5.41) is 98.1. The van der Waals surface area contributed by atoms with Crippen molar-refractivity contribution in [3.63, 3.8) is 0 Å². The first-order valence-electron chi connectivity index (χ1n) is 15.0. The van der Waals surface area contributed by atoms with E-state index >= 15 is 0 Å². The number of aliphatic hydroxyl groups is 9. The topological polar surface area (TPSA) is 329 Å². The summed E-state index contributed by atoms with van der Waals surface area (Å²) in [6.07, 6.45) is -6.02. The van der Waals surface area contributed by atoms with Crippen LogP contribution in [0.1, 0.15) is 57.8 Å². The number of aliphatic hydroxyl groups excluding tert-OH is 9. The summed E-state index contributed by atoms with van der Waals surface area (Å²) >= 11 is 0. The van der Waals surface area contributed by atoms with Crippen LogP contribution in [0.5, 0.6) is 0 Å². The average molecular weight is 639 g/mol. The van der Waals surface area contributed by atoms with E-state index in [1.54, 1.807) is 0 Å². The Balaban J connectivity index is 1.93. The number of hydrogen-bond donors (Lipinski definition) is 15. The quantitative estimate of drug-likeness (QED) is 0.0543. The predicted molar refractivity (Wildman–Crippen MR) is 158 cm³/mol. The molecular formula is C27H54N6O11. The maximum atomic E-state index is 10.6. The molecule has 10 atom stereocenters. The molecule has 0 aliphatic heterocycles. The molecule has 0 saturated heterocycles. The number of likely N-dealkylation sites (N-methyl/N-ethyl adjacent to an activating group) is 1. The van der Waals surface area contributed by atoms with Crippen molar-refractivity contribution in [1.82, 2.24) is 10.6 Å². The standard InChI is InChI=1S/C27H54N6O11/c1-32-19(18(35)4-2-3-14(29)25(40)43-24-16(31)11-15(30)20(36)22(24)38)26(41)44-27(42)23(39)21(37)17(9-10-34)33-13-7-5-12(28)6-8-13/h12-17,20,22,24-27,32-42H,2-11,28-31H2,1H3/b19-18+,23-21-/t12?,13?,14?,15-,16?,17-,20?,22?,24-,25-,26?,27-/m1/s1. The van der Waals surface area contributed by atoms with E-state index in [9.17, 15) is 46.0 Å². The third-order valence-corrected chi connectivity index (χ3v) is 8.24. The van der Waals surface area contributed by atoms with Gasteiger partial charge in [0.15, 0.2) is 17.8 Å². The monoisotopic (exact) mass is 638 g/mol. The molecule has 0 aromatic heterocycles. The number of hydrogen-bond acceptors (Lipinski definition) is 17. The van der Waals surface area contributed by atoms with Crippen molar-refractivity contribution in [2.75, 3.05) is 13.7 Å².